The van der Waals surface area contributed by atoms with E-state index in [4.69, 9.17) is 0 Å². The van der Waals surface area contributed by atoms with Gasteiger partial charge in [-0.2, -0.15) is 0 Å². The fourth-order valence-corrected chi connectivity index (χ4v) is 2.69. The average molecular weight is 397 g/mol. The van der Waals surface area contributed by atoms with Crippen molar-refractivity contribution < 1.29 is 4.79 Å². The maximum absolute atomic E-state index is 12.4. The molecule has 0 aliphatic heterocycles. The van der Waals surface area contributed by atoms with Crippen LogP contribution in [0.5, 0.6) is 0 Å². The highest BCUT2D eigenvalue weighted by Crippen LogP contribution is 2.20. The molecule has 0 unspecified atom stereocenters. The molecule has 0 saturated heterocycles. The van der Waals surface area contributed by atoms with Gasteiger partial charge in [0.15, 0.2) is 0 Å². The fraction of sp³-hybridized carbons (Fsp3) is 0.105. The largest absolute Gasteiger partial charge is 0.324 e. The first-order valence-corrected chi connectivity index (χ1v) is 8.54. The summed E-state index contributed by atoms with van der Waals surface area (Å²) in [7, 11) is 0. The van der Waals surface area contributed by atoms with E-state index in [1.807, 2.05) is 56.3 Å². The Balaban J connectivity index is 1.71. The number of nitrogens with zero attached hydrogens (tertiary/aromatic N) is 2. The highest BCUT2D eigenvalue weighted by Gasteiger charge is 2.10. The van der Waals surface area contributed by atoms with E-state index in [-0.39, 0.29) is 5.91 Å². The second-order valence-electron chi connectivity index (χ2n) is 5.63. The van der Waals surface area contributed by atoms with E-state index in [2.05, 4.69) is 36.5 Å². The molecule has 6 heteroatoms. The first-order valence-electron chi connectivity index (χ1n) is 7.75. The normalized spacial score (nSPS) is 10.4. The van der Waals surface area contributed by atoms with E-state index in [0.717, 1.165) is 27.0 Å². The number of anilines is 3. The summed E-state index contributed by atoms with van der Waals surface area (Å²) in [5.41, 5.74) is 4.23. The monoisotopic (exact) mass is 396 g/mol. The van der Waals surface area contributed by atoms with Crippen molar-refractivity contribution in [2.45, 2.75) is 13.8 Å². The zero-order chi connectivity index (χ0) is 17.8. The Bertz CT molecular complexity index is 910. The van der Waals surface area contributed by atoms with Crippen LogP contribution in [-0.2, 0) is 0 Å². The molecule has 1 amide bonds. The fourth-order valence-electron chi connectivity index (χ4n) is 2.29. The van der Waals surface area contributed by atoms with Crippen LogP contribution >= 0.6 is 15.9 Å². The molecule has 25 heavy (non-hydrogen) atoms. The molecule has 3 rings (SSSR count). The van der Waals surface area contributed by atoms with Crippen LogP contribution in [0, 0.1) is 13.8 Å². The first kappa shape index (κ1) is 17.1. The number of hydrogen-bond acceptors (Lipinski definition) is 4. The Morgan fingerprint density at radius 2 is 1.76 bits per heavy atom. The van der Waals surface area contributed by atoms with Gasteiger partial charge < -0.3 is 10.6 Å². The molecule has 126 valence electrons. The van der Waals surface area contributed by atoms with E-state index in [1.165, 1.54) is 12.4 Å². The number of aromatic nitrogens is 2. The highest BCUT2D eigenvalue weighted by molar-refractivity contribution is 9.10. The zero-order valence-electron chi connectivity index (χ0n) is 13.9. The molecule has 5 nitrogen and oxygen atoms in total. The van der Waals surface area contributed by atoms with Crippen molar-refractivity contribution in [3.8, 4) is 0 Å². The van der Waals surface area contributed by atoms with Crippen LogP contribution in [0.2, 0.25) is 0 Å². The van der Waals surface area contributed by atoms with Gasteiger partial charge >= 0.3 is 0 Å². The van der Waals surface area contributed by atoms with Crippen molar-refractivity contribution >= 4 is 39.2 Å². The lowest BCUT2D eigenvalue weighted by Crippen LogP contribution is -2.14. The summed E-state index contributed by atoms with van der Waals surface area (Å²) in [4.78, 5) is 20.8. The summed E-state index contributed by atoms with van der Waals surface area (Å²) >= 11 is 3.41. The summed E-state index contributed by atoms with van der Waals surface area (Å²) in [6.07, 6.45) is 3.02. The number of halogens is 1. The number of amides is 1. The van der Waals surface area contributed by atoms with Gasteiger partial charge in [-0.3, -0.25) is 4.79 Å². The highest BCUT2D eigenvalue weighted by atomic mass is 79.9. The molecule has 0 radical (unpaired) electrons. The molecule has 3 aromatic rings. The first-order chi connectivity index (χ1) is 12.0. The quantitative estimate of drug-likeness (QED) is 0.661. The maximum atomic E-state index is 12.4. The van der Waals surface area contributed by atoms with Crippen molar-refractivity contribution in [1.29, 1.82) is 0 Å². The molecule has 0 saturated carbocycles. The zero-order valence-corrected chi connectivity index (χ0v) is 15.5. The molecule has 0 aliphatic rings. The predicted octanol–water partition coefficient (Wildman–Crippen LogP) is 4.85. The summed E-state index contributed by atoms with van der Waals surface area (Å²) in [6.45, 7) is 3.99. The molecule has 0 aliphatic carbocycles. The van der Waals surface area contributed by atoms with E-state index < -0.39 is 0 Å². The van der Waals surface area contributed by atoms with Gasteiger partial charge in [0.1, 0.15) is 0 Å². The lowest BCUT2D eigenvalue weighted by molar-refractivity contribution is 0.102. The molecule has 0 atom stereocenters. The number of hydrogen-bond donors (Lipinski definition) is 2. The Hall–Kier alpha value is -2.73. The Morgan fingerprint density at radius 1 is 1.04 bits per heavy atom. The predicted molar refractivity (Wildman–Crippen MR) is 103 cm³/mol. The maximum Gasteiger partial charge on any atom is 0.258 e. The van der Waals surface area contributed by atoms with E-state index >= 15 is 0 Å². The molecule has 2 aromatic carbocycles. The van der Waals surface area contributed by atoms with Crippen LogP contribution in [0.3, 0.4) is 0 Å². The SMILES string of the molecule is Cc1cccc(NC(=O)c2cnc(Nc3cccc(Br)c3)nc2)c1C. The van der Waals surface area contributed by atoms with Gasteiger partial charge in [-0.15, -0.1) is 0 Å². The second-order valence-corrected chi connectivity index (χ2v) is 6.55. The van der Waals surface area contributed by atoms with Crippen molar-refractivity contribution in [3.63, 3.8) is 0 Å². The van der Waals surface area contributed by atoms with Crippen LogP contribution in [0.1, 0.15) is 21.5 Å². The third kappa shape index (κ3) is 4.22. The molecular weight excluding hydrogens is 380 g/mol. The van der Waals surface area contributed by atoms with Crippen LogP contribution in [0.25, 0.3) is 0 Å². The van der Waals surface area contributed by atoms with Gasteiger partial charge in [0.05, 0.1) is 5.56 Å². The molecule has 0 bridgehead atoms. The standard InChI is InChI=1S/C19H17BrN4O/c1-12-5-3-8-17(13(12)2)24-18(25)14-10-21-19(22-11-14)23-16-7-4-6-15(20)9-16/h3-11H,1-2H3,(H,24,25)(H,21,22,23). The topological polar surface area (TPSA) is 66.9 Å². The number of rotatable bonds is 4. The van der Waals surface area contributed by atoms with Crippen molar-refractivity contribution in [1.82, 2.24) is 9.97 Å². The third-order valence-electron chi connectivity index (χ3n) is 3.85. The summed E-state index contributed by atoms with van der Waals surface area (Å²) in [6, 6.07) is 13.5. The smallest absolute Gasteiger partial charge is 0.258 e. The number of carbonyl (C=O) groups excluding carboxylic acids is 1. The van der Waals surface area contributed by atoms with Gasteiger partial charge in [-0.25, -0.2) is 9.97 Å². The Labute approximate surface area is 154 Å². The molecule has 1 aromatic heterocycles. The number of nitrogens with one attached hydrogen (secondary N) is 2. The van der Waals surface area contributed by atoms with E-state index in [9.17, 15) is 4.79 Å². The lowest BCUT2D eigenvalue weighted by Gasteiger charge is -2.10. The molecule has 0 spiro atoms. The number of benzene rings is 2. The van der Waals surface area contributed by atoms with E-state index in [1.54, 1.807) is 0 Å². The minimum absolute atomic E-state index is 0.234. The number of aryl methyl sites for hydroxylation is 1. The molecular formula is C19H17BrN4O. The van der Waals surface area contributed by atoms with Gasteiger partial charge in [0, 0.05) is 28.2 Å². The van der Waals surface area contributed by atoms with Crippen LogP contribution < -0.4 is 10.6 Å². The lowest BCUT2D eigenvalue weighted by atomic mass is 10.1. The molecule has 1 heterocycles. The second kappa shape index (κ2) is 7.44. The molecule has 0 fully saturated rings. The Morgan fingerprint density at radius 3 is 2.48 bits per heavy atom. The van der Waals surface area contributed by atoms with Crippen molar-refractivity contribution in [2.24, 2.45) is 0 Å². The minimum Gasteiger partial charge on any atom is -0.324 e. The minimum atomic E-state index is -0.234. The summed E-state index contributed by atoms with van der Waals surface area (Å²) in [5.74, 6) is 0.198. The van der Waals surface area contributed by atoms with Gasteiger partial charge in [-0.1, -0.05) is 34.1 Å². The average Bonchev–Trinajstić information content (AvgIpc) is 2.59. The van der Waals surface area contributed by atoms with Crippen LogP contribution in [0.15, 0.2) is 59.3 Å². The summed E-state index contributed by atoms with van der Waals surface area (Å²) < 4.78 is 0.960. The van der Waals surface area contributed by atoms with Crippen molar-refractivity contribution in [2.75, 3.05) is 10.6 Å². The van der Waals surface area contributed by atoms with Crippen LogP contribution in [-0.4, -0.2) is 15.9 Å². The van der Waals surface area contributed by atoms with Gasteiger partial charge in [0.2, 0.25) is 5.95 Å². The Kier molecular flexibility index (Phi) is 5.09. The van der Waals surface area contributed by atoms with Gasteiger partial charge in [0.25, 0.3) is 5.91 Å². The number of carbonyl (C=O) groups is 1. The van der Waals surface area contributed by atoms with Crippen LogP contribution in [0.4, 0.5) is 17.3 Å². The molecule has 2 N–H and O–H groups in total. The third-order valence-corrected chi connectivity index (χ3v) is 4.34. The van der Waals surface area contributed by atoms with E-state index in [0.29, 0.717) is 11.5 Å². The van der Waals surface area contributed by atoms with Crippen molar-refractivity contribution in [3.05, 3.63) is 76.0 Å². The summed E-state index contributed by atoms with van der Waals surface area (Å²) in [5, 5.41) is 5.99. The van der Waals surface area contributed by atoms with Gasteiger partial charge in [-0.05, 0) is 49.2 Å².